The van der Waals surface area contributed by atoms with Crippen LogP contribution in [0.15, 0.2) is 48.8 Å². The van der Waals surface area contributed by atoms with Gasteiger partial charge in [0.05, 0.1) is 18.0 Å². The summed E-state index contributed by atoms with van der Waals surface area (Å²) in [6, 6.07) is 13.0. The van der Waals surface area contributed by atoms with Gasteiger partial charge < -0.3 is 15.0 Å². The van der Waals surface area contributed by atoms with Gasteiger partial charge in [0, 0.05) is 10.6 Å². The van der Waals surface area contributed by atoms with Crippen LogP contribution in [0.1, 0.15) is 30.9 Å². The molecular weight excluding hydrogens is 461 g/mol. The van der Waals surface area contributed by atoms with Crippen LogP contribution in [0.3, 0.4) is 0 Å². The number of carbonyl (C=O) groups is 1. The minimum Gasteiger partial charge on any atom is -0.470 e. The fourth-order valence-corrected chi connectivity index (χ4v) is 4.23. The minimum atomic E-state index is -0.419. The van der Waals surface area contributed by atoms with E-state index < -0.39 is 5.91 Å². The van der Waals surface area contributed by atoms with Gasteiger partial charge in [-0.05, 0) is 55.2 Å². The molecule has 2 N–H and O–H groups in total. The molecule has 0 atom stereocenters. The van der Waals surface area contributed by atoms with Crippen molar-refractivity contribution < 1.29 is 9.53 Å². The van der Waals surface area contributed by atoms with Crippen LogP contribution in [0.5, 0.6) is 5.88 Å². The second-order valence-electron chi connectivity index (χ2n) is 8.51. The molecule has 0 bridgehead atoms. The van der Waals surface area contributed by atoms with Crippen LogP contribution in [0.25, 0.3) is 22.6 Å². The van der Waals surface area contributed by atoms with Crippen LogP contribution in [0, 0.1) is 0 Å². The molecule has 2 heterocycles. The van der Waals surface area contributed by atoms with Gasteiger partial charge in [0.2, 0.25) is 11.8 Å². The fourth-order valence-electron chi connectivity index (χ4n) is 3.73. The van der Waals surface area contributed by atoms with Crippen molar-refractivity contribution in [2.24, 2.45) is 5.73 Å². The number of hydrogen-bond donors (Lipinski definition) is 1. The summed E-state index contributed by atoms with van der Waals surface area (Å²) in [6.07, 6.45) is 3.55. The number of nitrogens with two attached hydrogens (primary N) is 1. The summed E-state index contributed by atoms with van der Waals surface area (Å²) in [5.74, 6) is 0.650. The third-order valence-corrected chi connectivity index (χ3v) is 6.23. The van der Waals surface area contributed by atoms with Crippen molar-refractivity contribution in [3.8, 4) is 17.3 Å². The van der Waals surface area contributed by atoms with Gasteiger partial charge in [-0.2, -0.15) is 4.98 Å². The standard InChI is InChI=1S/C24H21Cl2N5O2/c1-24(7-8-24)33-23-20-22(28-13-29-23)31(12-15-3-2-4-16(25)9-15)21(30-20)17-6-5-14(10-18(17)26)11-19(27)32/h2-6,9-10,13H,7-8,11-12H2,1H3,(H2,27,32). The average Bonchev–Trinajstić information content (AvgIpc) is 3.37. The number of rotatable bonds is 7. The number of nitrogens with zero attached hydrogens (tertiary/aromatic N) is 4. The number of imidazole rings is 1. The van der Waals surface area contributed by atoms with Crippen molar-refractivity contribution >= 4 is 40.3 Å². The Morgan fingerprint density at radius 2 is 1.97 bits per heavy atom. The number of benzene rings is 2. The summed E-state index contributed by atoms with van der Waals surface area (Å²) in [5, 5.41) is 1.11. The number of amides is 1. The molecule has 2 aromatic heterocycles. The van der Waals surface area contributed by atoms with Crippen molar-refractivity contribution in [3.05, 3.63) is 70.0 Å². The first kappa shape index (κ1) is 21.7. The molecule has 1 fully saturated rings. The molecule has 4 aromatic rings. The van der Waals surface area contributed by atoms with Crippen LogP contribution in [0.4, 0.5) is 0 Å². The first-order chi connectivity index (χ1) is 15.8. The normalized spacial score (nSPS) is 14.4. The SMILES string of the molecule is CC1(Oc2ncnc3c2nc(-c2ccc(CC(N)=O)cc2Cl)n3Cc2cccc(Cl)c2)CC1. The second kappa shape index (κ2) is 8.32. The highest BCUT2D eigenvalue weighted by molar-refractivity contribution is 6.33. The van der Waals surface area contributed by atoms with Crippen molar-refractivity contribution in [2.75, 3.05) is 0 Å². The molecule has 7 nitrogen and oxygen atoms in total. The monoisotopic (exact) mass is 481 g/mol. The van der Waals surface area contributed by atoms with E-state index in [9.17, 15) is 4.79 Å². The van der Waals surface area contributed by atoms with Gasteiger partial charge in [-0.3, -0.25) is 4.79 Å². The Morgan fingerprint density at radius 1 is 1.15 bits per heavy atom. The van der Waals surface area contributed by atoms with E-state index in [4.69, 9.17) is 38.7 Å². The Labute approximate surface area is 200 Å². The number of hydrogen-bond acceptors (Lipinski definition) is 5. The van der Waals surface area contributed by atoms with E-state index in [0.29, 0.717) is 45.0 Å². The summed E-state index contributed by atoms with van der Waals surface area (Å²) in [6.45, 7) is 2.53. The number of primary amides is 1. The molecule has 9 heteroatoms. The van der Waals surface area contributed by atoms with Gasteiger partial charge in [0.1, 0.15) is 17.8 Å². The molecule has 0 spiro atoms. The number of carbonyl (C=O) groups excluding carboxylic acids is 1. The topological polar surface area (TPSA) is 95.9 Å². The maximum Gasteiger partial charge on any atom is 0.245 e. The molecule has 0 aliphatic heterocycles. The molecule has 0 unspecified atom stereocenters. The lowest BCUT2D eigenvalue weighted by Crippen LogP contribution is -2.13. The largest absolute Gasteiger partial charge is 0.470 e. The fraction of sp³-hybridized carbons (Fsp3) is 0.250. The summed E-state index contributed by atoms with van der Waals surface area (Å²) in [5.41, 5.74) is 8.74. The second-order valence-corrected chi connectivity index (χ2v) is 9.36. The van der Waals surface area contributed by atoms with Gasteiger partial charge in [0.25, 0.3) is 0 Å². The number of aromatic nitrogens is 4. The lowest BCUT2D eigenvalue weighted by atomic mass is 10.1. The molecule has 0 radical (unpaired) electrons. The highest BCUT2D eigenvalue weighted by Gasteiger charge is 2.41. The summed E-state index contributed by atoms with van der Waals surface area (Å²) < 4.78 is 8.13. The van der Waals surface area contributed by atoms with Crippen molar-refractivity contribution in [3.63, 3.8) is 0 Å². The van der Waals surface area contributed by atoms with Crippen LogP contribution >= 0.6 is 23.2 Å². The predicted octanol–water partition coefficient (Wildman–Crippen LogP) is 4.81. The lowest BCUT2D eigenvalue weighted by molar-refractivity contribution is -0.117. The third kappa shape index (κ3) is 4.51. The average molecular weight is 482 g/mol. The van der Waals surface area contributed by atoms with Gasteiger partial charge in [-0.1, -0.05) is 41.4 Å². The molecule has 0 saturated heterocycles. The van der Waals surface area contributed by atoms with Crippen LogP contribution in [-0.2, 0) is 17.8 Å². The predicted molar refractivity (Wildman–Crippen MR) is 127 cm³/mol. The quantitative estimate of drug-likeness (QED) is 0.408. The molecule has 168 valence electrons. The van der Waals surface area contributed by atoms with Crippen LogP contribution in [-0.4, -0.2) is 31.0 Å². The third-order valence-electron chi connectivity index (χ3n) is 5.68. The van der Waals surface area contributed by atoms with Gasteiger partial charge in [-0.25, -0.2) is 9.97 Å². The molecule has 1 aliphatic rings. The summed E-state index contributed by atoms with van der Waals surface area (Å²) in [7, 11) is 0. The number of ether oxygens (including phenoxy) is 1. The zero-order valence-corrected chi connectivity index (χ0v) is 19.4. The molecule has 1 aliphatic carbocycles. The smallest absolute Gasteiger partial charge is 0.245 e. The van der Waals surface area contributed by atoms with Crippen molar-refractivity contribution in [1.29, 1.82) is 0 Å². The first-order valence-corrected chi connectivity index (χ1v) is 11.3. The molecule has 1 amide bonds. The molecule has 33 heavy (non-hydrogen) atoms. The van der Waals surface area contributed by atoms with Crippen molar-refractivity contribution in [1.82, 2.24) is 19.5 Å². The van der Waals surface area contributed by atoms with E-state index >= 15 is 0 Å². The van der Waals surface area contributed by atoms with E-state index in [-0.39, 0.29) is 12.0 Å². The number of halogens is 2. The van der Waals surface area contributed by atoms with Crippen LogP contribution < -0.4 is 10.5 Å². The highest BCUT2D eigenvalue weighted by atomic mass is 35.5. The molecular formula is C24H21Cl2N5O2. The van der Waals surface area contributed by atoms with E-state index in [1.165, 1.54) is 6.33 Å². The maximum atomic E-state index is 11.3. The van der Waals surface area contributed by atoms with Crippen molar-refractivity contribution in [2.45, 2.75) is 38.3 Å². The van der Waals surface area contributed by atoms with E-state index in [0.717, 1.165) is 24.0 Å². The zero-order valence-electron chi connectivity index (χ0n) is 17.9. The van der Waals surface area contributed by atoms with E-state index in [1.807, 2.05) is 41.0 Å². The first-order valence-electron chi connectivity index (χ1n) is 10.5. The Bertz CT molecular complexity index is 1380. The lowest BCUT2D eigenvalue weighted by Gasteiger charge is -2.12. The van der Waals surface area contributed by atoms with Gasteiger partial charge >= 0.3 is 0 Å². The van der Waals surface area contributed by atoms with Gasteiger partial charge in [0.15, 0.2) is 11.2 Å². The minimum absolute atomic E-state index is 0.112. The summed E-state index contributed by atoms with van der Waals surface area (Å²) in [4.78, 5) is 25.1. The van der Waals surface area contributed by atoms with Gasteiger partial charge in [-0.15, -0.1) is 0 Å². The molecule has 2 aromatic carbocycles. The Morgan fingerprint density at radius 3 is 2.67 bits per heavy atom. The maximum absolute atomic E-state index is 11.3. The van der Waals surface area contributed by atoms with E-state index in [1.54, 1.807) is 6.07 Å². The summed E-state index contributed by atoms with van der Waals surface area (Å²) >= 11 is 12.9. The van der Waals surface area contributed by atoms with Crippen LogP contribution in [0.2, 0.25) is 10.0 Å². The Hall–Kier alpha value is -3.16. The Balaban J connectivity index is 1.66. The zero-order chi connectivity index (χ0) is 23.2. The molecule has 1 saturated carbocycles. The Kier molecular flexibility index (Phi) is 5.46. The highest BCUT2D eigenvalue weighted by Crippen LogP contribution is 2.41. The number of fused-ring (bicyclic) bond motifs is 1. The molecule has 5 rings (SSSR count). The van der Waals surface area contributed by atoms with E-state index in [2.05, 4.69) is 16.9 Å².